The van der Waals surface area contributed by atoms with Gasteiger partial charge in [0.25, 0.3) is 0 Å². The Labute approximate surface area is 79.7 Å². The van der Waals surface area contributed by atoms with Gasteiger partial charge < -0.3 is 4.74 Å². The first kappa shape index (κ1) is 10.0. The summed E-state index contributed by atoms with van der Waals surface area (Å²) in [4.78, 5) is 0. The molecular formula is C10H5F2NO. The molecule has 0 N–H and O–H groups in total. The number of nitriles is 1. The summed E-state index contributed by atoms with van der Waals surface area (Å²) in [5.74, 6) is 0.203. The van der Waals surface area contributed by atoms with Gasteiger partial charge in [0.15, 0.2) is 0 Å². The fraction of sp³-hybridized carbons (Fsp3) is 0.100. The fourth-order valence-corrected chi connectivity index (χ4v) is 0.865. The van der Waals surface area contributed by atoms with Crippen LogP contribution in [-0.2, 0) is 0 Å². The van der Waals surface area contributed by atoms with Crippen LogP contribution in [0.3, 0.4) is 0 Å². The molecule has 0 saturated carbocycles. The zero-order valence-corrected chi connectivity index (χ0v) is 7.05. The Balaban J connectivity index is 3.04. The third-order valence-electron chi connectivity index (χ3n) is 1.45. The maximum atomic E-state index is 12.9. The normalized spacial score (nSPS) is 8.86. The zero-order valence-electron chi connectivity index (χ0n) is 7.05. The second-order valence-corrected chi connectivity index (χ2v) is 2.37. The Hall–Kier alpha value is -2.07. The molecule has 0 spiro atoms. The lowest BCUT2D eigenvalue weighted by Gasteiger charge is -2.03. The minimum atomic E-state index is -0.959. The highest BCUT2D eigenvalue weighted by Gasteiger charge is 2.10. The van der Waals surface area contributed by atoms with Gasteiger partial charge in [0.1, 0.15) is 35.6 Å². The van der Waals surface area contributed by atoms with Gasteiger partial charge in [-0.15, -0.1) is 6.42 Å². The fourth-order valence-electron chi connectivity index (χ4n) is 0.865. The van der Waals surface area contributed by atoms with Crippen molar-refractivity contribution in [3.63, 3.8) is 0 Å². The van der Waals surface area contributed by atoms with Crippen LogP contribution in [0, 0.1) is 35.3 Å². The Bertz CT molecular complexity index is 406. The molecule has 0 aliphatic rings. The molecule has 14 heavy (non-hydrogen) atoms. The van der Waals surface area contributed by atoms with Crippen molar-refractivity contribution in [1.82, 2.24) is 0 Å². The summed E-state index contributed by atoms with van der Waals surface area (Å²) in [6, 6.07) is 3.23. The summed E-state index contributed by atoms with van der Waals surface area (Å²) >= 11 is 0. The molecule has 0 atom stereocenters. The summed E-state index contributed by atoms with van der Waals surface area (Å²) in [6.07, 6.45) is 4.89. The molecular weight excluding hydrogens is 188 g/mol. The molecule has 0 aliphatic carbocycles. The monoisotopic (exact) mass is 193 g/mol. The SMILES string of the molecule is C#CCOc1cc(F)c(C#N)c(F)c1. The molecule has 2 nitrogen and oxygen atoms in total. The van der Waals surface area contributed by atoms with E-state index in [1.54, 1.807) is 0 Å². The van der Waals surface area contributed by atoms with Crippen molar-refractivity contribution in [1.29, 1.82) is 5.26 Å². The summed E-state index contributed by atoms with van der Waals surface area (Å²) in [6.45, 7) is -0.0786. The minimum Gasteiger partial charge on any atom is -0.481 e. The van der Waals surface area contributed by atoms with Crippen LogP contribution < -0.4 is 4.74 Å². The first-order chi connectivity index (χ1) is 6.69. The molecule has 0 heterocycles. The van der Waals surface area contributed by atoms with Crippen molar-refractivity contribution < 1.29 is 13.5 Å². The molecule has 0 bridgehead atoms. The Kier molecular flexibility index (Phi) is 3.04. The van der Waals surface area contributed by atoms with Crippen LogP contribution in [0.5, 0.6) is 5.75 Å². The highest BCUT2D eigenvalue weighted by atomic mass is 19.1. The second-order valence-electron chi connectivity index (χ2n) is 2.37. The number of halogens is 2. The first-order valence-electron chi connectivity index (χ1n) is 3.64. The molecule has 1 aromatic carbocycles. The summed E-state index contributed by atoms with van der Waals surface area (Å²) < 4.78 is 30.7. The van der Waals surface area contributed by atoms with Gasteiger partial charge in [0.05, 0.1) is 0 Å². The highest BCUT2D eigenvalue weighted by molar-refractivity contribution is 5.37. The van der Waals surface area contributed by atoms with Crippen molar-refractivity contribution in [3.8, 4) is 24.2 Å². The lowest BCUT2D eigenvalue weighted by Crippen LogP contribution is -1.97. The molecule has 0 aromatic heterocycles. The number of terminal acetylenes is 1. The van der Waals surface area contributed by atoms with Crippen LogP contribution in [0.4, 0.5) is 8.78 Å². The standard InChI is InChI=1S/C10H5F2NO/c1-2-3-14-7-4-9(11)8(6-13)10(12)5-7/h1,4-5H,3H2. The number of ether oxygens (including phenoxy) is 1. The molecule has 1 aromatic rings. The number of hydrogen-bond acceptors (Lipinski definition) is 2. The van der Waals surface area contributed by atoms with Crippen LogP contribution in [0.25, 0.3) is 0 Å². The number of nitrogens with zero attached hydrogens (tertiary/aromatic N) is 1. The van der Waals surface area contributed by atoms with Crippen molar-refractivity contribution in [2.45, 2.75) is 0 Å². The van der Waals surface area contributed by atoms with Crippen LogP contribution in [0.2, 0.25) is 0 Å². The number of benzene rings is 1. The van der Waals surface area contributed by atoms with Crippen LogP contribution in [0.1, 0.15) is 5.56 Å². The predicted octanol–water partition coefficient (Wildman–Crippen LogP) is 1.85. The van der Waals surface area contributed by atoms with Crippen LogP contribution in [0.15, 0.2) is 12.1 Å². The third-order valence-corrected chi connectivity index (χ3v) is 1.45. The third kappa shape index (κ3) is 1.99. The van der Waals surface area contributed by atoms with E-state index in [0.29, 0.717) is 0 Å². The van der Waals surface area contributed by atoms with E-state index in [9.17, 15) is 8.78 Å². The first-order valence-corrected chi connectivity index (χ1v) is 3.64. The Morgan fingerprint density at radius 2 is 1.93 bits per heavy atom. The Morgan fingerprint density at radius 3 is 2.36 bits per heavy atom. The van der Waals surface area contributed by atoms with Crippen molar-refractivity contribution in [2.75, 3.05) is 6.61 Å². The maximum absolute atomic E-state index is 12.9. The van der Waals surface area contributed by atoms with Crippen molar-refractivity contribution in [3.05, 3.63) is 29.3 Å². The van der Waals surface area contributed by atoms with Crippen LogP contribution in [-0.4, -0.2) is 6.61 Å². The molecule has 0 saturated heterocycles. The smallest absolute Gasteiger partial charge is 0.148 e. The molecule has 0 amide bonds. The number of rotatable bonds is 2. The van der Waals surface area contributed by atoms with Gasteiger partial charge in [0, 0.05) is 12.1 Å². The molecule has 1 rings (SSSR count). The van der Waals surface area contributed by atoms with E-state index in [1.807, 2.05) is 0 Å². The van der Waals surface area contributed by atoms with Gasteiger partial charge in [-0.05, 0) is 0 Å². The quantitative estimate of drug-likeness (QED) is 0.671. The van der Waals surface area contributed by atoms with Crippen molar-refractivity contribution in [2.24, 2.45) is 0 Å². The summed E-state index contributed by atoms with van der Waals surface area (Å²) in [5.41, 5.74) is -0.627. The van der Waals surface area contributed by atoms with Gasteiger partial charge in [-0.2, -0.15) is 5.26 Å². The van der Waals surface area contributed by atoms with Gasteiger partial charge >= 0.3 is 0 Å². The predicted molar refractivity (Wildman–Crippen MR) is 45.4 cm³/mol. The molecule has 0 fully saturated rings. The largest absolute Gasteiger partial charge is 0.481 e. The topological polar surface area (TPSA) is 33.0 Å². The average Bonchev–Trinajstić information content (AvgIpc) is 2.14. The van der Waals surface area contributed by atoms with Crippen LogP contribution >= 0.6 is 0 Å². The summed E-state index contributed by atoms with van der Waals surface area (Å²) in [5, 5.41) is 8.36. The van der Waals surface area contributed by atoms with Gasteiger partial charge in [-0.25, -0.2) is 8.78 Å². The van der Waals surface area contributed by atoms with E-state index in [0.717, 1.165) is 12.1 Å². The molecule has 0 aliphatic heterocycles. The lowest BCUT2D eigenvalue weighted by atomic mass is 10.2. The van der Waals surface area contributed by atoms with E-state index >= 15 is 0 Å². The number of hydrogen-bond donors (Lipinski definition) is 0. The molecule has 0 radical (unpaired) electrons. The zero-order chi connectivity index (χ0) is 10.6. The van der Waals surface area contributed by atoms with E-state index in [-0.39, 0.29) is 12.4 Å². The summed E-state index contributed by atoms with van der Waals surface area (Å²) in [7, 11) is 0. The Morgan fingerprint density at radius 1 is 1.36 bits per heavy atom. The second kappa shape index (κ2) is 4.25. The minimum absolute atomic E-state index is 0.0306. The van der Waals surface area contributed by atoms with Gasteiger partial charge in [0.2, 0.25) is 0 Å². The highest BCUT2D eigenvalue weighted by Crippen LogP contribution is 2.19. The molecule has 70 valence electrons. The van der Waals surface area contributed by atoms with Gasteiger partial charge in [-0.3, -0.25) is 0 Å². The van der Waals surface area contributed by atoms with E-state index in [1.165, 1.54) is 6.07 Å². The molecule has 0 unspecified atom stereocenters. The lowest BCUT2D eigenvalue weighted by molar-refractivity contribution is 0.364. The average molecular weight is 193 g/mol. The maximum Gasteiger partial charge on any atom is 0.148 e. The van der Waals surface area contributed by atoms with E-state index in [4.69, 9.17) is 16.4 Å². The van der Waals surface area contributed by atoms with E-state index in [2.05, 4.69) is 5.92 Å². The molecule has 4 heteroatoms. The van der Waals surface area contributed by atoms with Crippen molar-refractivity contribution >= 4 is 0 Å². The van der Waals surface area contributed by atoms with E-state index < -0.39 is 17.2 Å². The van der Waals surface area contributed by atoms with Gasteiger partial charge in [-0.1, -0.05) is 5.92 Å².